The summed E-state index contributed by atoms with van der Waals surface area (Å²) in [5, 5.41) is 3.45. The van der Waals surface area contributed by atoms with E-state index in [1.807, 2.05) is 19.1 Å². The SMILES string of the molecule is Cc1nccc(NC2CCCN(c3cccc(F)c3)C2)n1. The molecule has 3 rings (SSSR count). The van der Waals surface area contributed by atoms with Crippen LogP contribution in [-0.4, -0.2) is 29.1 Å². The zero-order chi connectivity index (χ0) is 14.7. The highest BCUT2D eigenvalue weighted by Crippen LogP contribution is 2.22. The number of piperidine rings is 1. The summed E-state index contributed by atoms with van der Waals surface area (Å²) < 4.78 is 13.4. The zero-order valence-electron chi connectivity index (χ0n) is 12.1. The number of rotatable bonds is 3. The van der Waals surface area contributed by atoms with Gasteiger partial charge in [0.25, 0.3) is 0 Å². The van der Waals surface area contributed by atoms with E-state index in [0.717, 1.165) is 43.3 Å². The number of aromatic nitrogens is 2. The molecule has 1 saturated heterocycles. The Morgan fingerprint density at radius 3 is 3.05 bits per heavy atom. The number of nitrogens with zero attached hydrogens (tertiary/aromatic N) is 3. The fourth-order valence-corrected chi connectivity index (χ4v) is 2.75. The summed E-state index contributed by atoms with van der Waals surface area (Å²) in [6, 6.07) is 8.99. The van der Waals surface area contributed by atoms with Gasteiger partial charge in [-0.25, -0.2) is 14.4 Å². The molecule has 0 aliphatic carbocycles. The van der Waals surface area contributed by atoms with Crippen molar-refractivity contribution in [2.24, 2.45) is 0 Å². The summed E-state index contributed by atoms with van der Waals surface area (Å²) in [4.78, 5) is 10.7. The van der Waals surface area contributed by atoms with Gasteiger partial charge in [0, 0.05) is 31.0 Å². The Labute approximate surface area is 124 Å². The van der Waals surface area contributed by atoms with Crippen LogP contribution >= 0.6 is 0 Å². The van der Waals surface area contributed by atoms with Crippen LogP contribution in [0.15, 0.2) is 36.5 Å². The van der Waals surface area contributed by atoms with Gasteiger partial charge in [-0.2, -0.15) is 0 Å². The van der Waals surface area contributed by atoms with Crippen LogP contribution in [0, 0.1) is 12.7 Å². The van der Waals surface area contributed by atoms with Crippen LogP contribution < -0.4 is 10.2 Å². The molecular formula is C16H19FN4. The molecule has 0 bridgehead atoms. The minimum atomic E-state index is -0.186. The van der Waals surface area contributed by atoms with Gasteiger partial charge in [0.1, 0.15) is 17.5 Å². The number of aryl methyl sites for hydroxylation is 1. The lowest BCUT2D eigenvalue weighted by molar-refractivity contribution is 0.527. The number of hydrogen-bond acceptors (Lipinski definition) is 4. The van der Waals surface area contributed by atoms with Gasteiger partial charge in [0.15, 0.2) is 0 Å². The smallest absolute Gasteiger partial charge is 0.129 e. The minimum absolute atomic E-state index is 0.186. The highest BCUT2D eigenvalue weighted by molar-refractivity contribution is 5.48. The van der Waals surface area contributed by atoms with Gasteiger partial charge in [0.05, 0.1) is 0 Å². The van der Waals surface area contributed by atoms with Gasteiger partial charge >= 0.3 is 0 Å². The third-order valence-electron chi connectivity index (χ3n) is 3.72. The van der Waals surface area contributed by atoms with Crippen molar-refractivity contribution >= 4 is 11.5 Å². The number of nitrogens with one attached hydrogen (secondary N) is 1. The first-order valence-electron chi connectivity index (χ1n) is 7.27. The first kappa shape index (κ1) is 13.8. The summed E-state index contributed by atoms with van der Waals surface area (Å²) in [6.45, 7) is 3.70. The third kappa shape index (κ3) is 3.48. The molecule has 1 N–H and O–H groups in total. The molecule has 2 aromatic rings. The highest BCUT2D eigenvalue weighted by atomic mass is 19.1. The fourth-order valence-electron chi connectivity index (χ4n) is 2.75. The lowest BCUT2D eigenvalue weighted by Gasteiger charge is -2.35. The minimum Gasteiger partial charge on any atom is -0.369 e. The van der Waals surface area contributed by atoms with Crippen LogP contribution in [0.25, 0.3) is 0 Å². The Kier molecular flexibility index (Phi) is 3.99. The molecule has 4 nitrogen and oxygen atoms in total. The molecular weight excluding hydrogens is 267 g/mol. The predicted octanol–water partition coefficient (Wildman–Crippen LogP) is 3.01. The monoisotopic (exact) mass is 286 g/mol. The summed E-state index contributed by atoms with van der Waals surface area (Å²) in [6.07, 6.45) is 3.94. The maximum Gasteiger partial charge on any atom is 0.129 e. The molecule has 0 spiro atoms. The van der Waals surface area contributed by atoms with E-state index in [9.17, 15) is 4.39 Å². The van der Waals surface area contributed by atoms with Gasteiger partial charge in [-0.3, -0.25) is 0 Å². The Bertz CT molecular complexity index is 617. The number of hydrogen-bond donors (Lipinski definition) is 1. The van der Waals surface area contributed by atoms with E-state index < -0.39 is 0 Å². The van der Waals surface area contributed by atoms with E-state index in [2.05, 4.69) is 20.2 Å². The van der Waals surface area contributed by atoms with E-state index in [0.29, 0.717) is 6.04 Å². The second kappa shape index (κ2) is 6.08. The standard InChI is InChI=1S/C16H19FN4/c1-12-18-8-7-16(19-12)20-14-5-3-9-21(11-14)15-6-2-4-13(17)10-15/h2,4,6-8,10,14H,3,5,9,11H2,1H3,(H,18,19,20). The van der Waals surface area contributed by atoms with Gasteiger partial charge in [-0.15, -0.1) is 0 Å². The summed E-state index contributed by atoms with van der Waals surface area (Å²) in [7, 11) is 0. The van der Waals surface area contributed by atoms with Gasteiger partial charge < -0.3 is 10.2 Å². The second-order valence-corrected chi connectivity index (χ2v) is 5.40. The molecule has 1 unspecified atom stereocenters. The van der Waals surface area contributed by atoms with E-state index in [4.69, 9.17) is 0 Å². The average molecular weight is 286 g/mol. The summed E-state index contributed by atoms with van der Waals surface area (Å²) in [5.41, 5.74) is 0.945. The highest BCUT2D eigenvalue weighted by Gasteiger charge is 2.20. The van der Waals surface area contributed by atoms with Crippen molar-refractivity contribution in [3.8, 4) is 0 Å². The van der Waals surface area contributed by atoms with Crippen molar-refractivity contribution in [3.63, 3.8) is 0 Å². The molecule has 1 atom stereocenters. The first-order valence-corrected chi connectivity index (χ1v) is 7.27. The van der Waals surface area contributed by atoms with Gasteiger partial charge in [-0.05, 0) is 44.0 Å². The number of anilines is 2. The van der Waals surface area contributed by atoms with E-state index in [-0.39, 0.29) is 5.82 Å². The van der Waals surface area contributed by atoms with E-state index in [1.165, 1.54) is 6.07 Å². The topological polar surface area (TPSA) is 41.1 Å². The molecule has 0 saturated carbocycles. The normalized spacial score (nSPS) is 18.6. The lowest BCUT2D eigenvalue weighted by Crippen LogP contribution is -2.42. The molecule has 2 heterocycles. The maximum atomic E-state index is 13.4. The number of benzene rings is 1. The molecule has 0 radical (unpaired) electrons. The number of halogens is 1. The molecule has 1 aliphatic heterocycles. The second-order valence-electron chi connectivity index (χ2n) is 5.40. The third-order valence-corrected chi connectivity index (χ3v) is 3.72. The molecule has 1 aliphatic rings. The van der Waals surface area contributed by atoms with Crippen LogP contribution in [0.4, 0.5) is 15.9 Å². The molecule has 21 heavy (non-hydrogen) atoms. The summed E-state index contributed by atoms with van der Waals surface area (Å²) in [5.74, 6) is 1.43. The molecule has 0 amide bonds. The van der Waals surface area contributed by atoms with E-state index >= 15 is 0 Å². The van der Waals surface area contributed by atoms with Crippen LogP contribution in [0.2, 0.25) is 0 Å². The fraction of sp³-hybridized carbons (Fsp3) is 0.375. The van der Waals surface area contributed by atoms with Crippen molar-refractivity contribution in [2.45, 2.75) is 25.8 Å². The van der Waals surface area contributed by atoms with Gasteiger partial charge in [-0.1, -0.05) is 6.07 Å². The Hall–Kier alpha value is -2.17. The van der Waals surface area contributed by atoms with Crippen molar-refractivity contribution in [2.75, 3.05) is 23.3 Å². The Morgan fingerprint density at radius 1 is 1.33 bits per heavy atom. The van der Waals surface area contributed by atoms with Crippen LogP contribution in [0.3, 0.4) is 0 Å². The zero-order valence-corrected chi connectivity index (χ0v) is 12.1. The van der Waals surface area contributed by atoms with Crippen molar-refractivity contribution < 1.29 is 4.39 Å². The largest absolute Gasteiger partial charge is 0.369 e. The molecule has 1 fully saturated rings. The summed E-state index contributed by atoms with van der Waals surface area (Å²) >= 11 is 0. The van der Waals surface area contributed by atoms with E-state index in [1.54, 1.807) is 18.3 Å². The first-order chi connectivity index (χ1) is 10.2. The van der Waals surface area contributed by atoms with Crippen molar-refractivity contribution in [3.05, 3.63) is 48.2 Å². The quantitative estimate of drug-likeness (QED) is 0.941. The molecule has 1 aromatic carbocycles. The molecule has 1 aromatic heterocycles. The predicted molar refractivity (Wildman–Crippen MR) is 82.0 cm³/mol. The molecule has 110 valence electrons. The average Bonchev–Trinajstić information content (AvgIpc) is 2.47. The van der Waals surface area contributed by atoms with Crippen LogP contribution in [0.5, 0.6) is 0 Å². The van der Waals surface area contributed by atoms with Crippen LogP contribution in [-0.2, 0) is 0 Å². The molecule has 5 heteroatoms. The van der Waals surface area contributed by atoms with Crippen molar-refractivity contribution in [1.82, 2.24) is 9.97 Å². The van der Waals surface area contributed by atoms with Crippen molar-refractivity contribution in [1.29, 1.82) is 0 Å². The maximum absolute atomic E-state index is 13.4. The van der Waals surface area contributed by atoms with Gasteiger partial charge in [0.2, 0.25) is 0 Å². The van der Waals surface area contributed by atoms with Crippen LogP contribution in [0.1, 0.15) is 18.7 Å². The Balaban J connectivity index is 1.68. The Morgan fingerprint density at radius 2 is 2.24 bits per heavy atom. The lowest BCUT2D eigenvalue weighted by atomic mass is 10.0.